The molecule has 0 unspecified atom stereocenters. The molecule has 0 nitrogen and oxygen atoms in total. The molecular weight excluding hydrogens is 174 g/mol. The van der Waals surface area contributed by atoms with E-state index >= 15 is 0 Å². The van der Waals surface area contributed by atoms with Gasteiger partial charge in [-0.1, -0.05) is 25.7 Å². The van der Waals surface area contributed by atoms with Gasteiger partial charge in [0.2, 0.25) is 0 Å². The van der Waals surface area contributed by atoms with Crippen molar-refractivity contribution in [3.05, 3.63) is 6.42 Å². The molecule has 0 saturated carbocycles. The molecule has 2 heteroatoms. The van der Waals surface area contributed by atoms with E-state index in [0.29, 0.717) is 0 Å². The van der Waals surface area contributed by atoms with E-state index in [2.05, 4.69) is 12.8 Å². The van der Waals surface area contributed by atoms with Crippen LogP contribution >= 0.6 is 0 Å². The van der Waals surface area contributed by atoms with Gasteiger partial charge in [-0.05, 0) is 12.8 Å². The molecule has 54 valence electrons. The number of hydrogen-bond donors (Lipinski definition) is 0. The summed E-state index contributed by atoms with van der Waals surface area (Å²) in [6.07, 6.45) is 11.0. The van der Waals surface area contributed by atoms with Gasteiger partial charge in [-0.15, -0.1) is 0 Å². The van der Waals surface area contributed by atoms with Gasteiger partial charge in [0.1, 0.15) is 0 Å². The van der Waals surface area contributed by atoms with Crippen molar-refractivity contribution in [2.45, 2.75) is 32.6 Å². The molecule has 0 amide bonds. The van der Waals surface area contributed by atoms with Crippen molar-refractivity contribution in [1.82, 2.24) is 0 Å². The van der Waals surface area contributed by atoms with Gasteiger partial charge in [0.05, 0.1) is 0 Å². The number of hydrogen-bond acceptors (Lipinski definition) is 0. The molecule has 0 aliphatic rings. The maximum absolute atomic E-state index is 6.53. The van der Waals surface area contributed by atoms with Gasteiger partial charge in [0.25, 0.3) is 0 Å². The minimum absolute atomic E-state index is 0. The van der Waals surface area contributed by atoms with Crippen molar-refractivity contribution >= 4 is 0 Å². The normalized spacial score (nSPS) is 6.22. The first-order valence-electron chi connectivity index (χ1n) is 2.81. The van der Waals surface area contributed by atoms with Crippen LogP contribution in [0.5, 0.6) is 0 Å². The Labute approximate surface area is 74.7 Å². The molecule has 0 spiro atoms. The van der Waals surface area contributed by atoms with Crippen LogP contribution in [0.3, 0.4) is 0 Å². The van der Waals surface area contributed by atoms with Crippen molar-refractivity contribution < 1.29 is 29.5 Å². The van der Waals surface area contributed by atoms with Gasteiger partial charge in [-0.25, -0.2) is 0 Å². The fraction of sp³-hybridized carbons (Fsp3) is 0.714. The van der Waals surface area contributed by atoms with Gasteiger partial charge in [0.15, 0.2) is 0 Å². The van der Waals surface area contributed by atoms with E-state index in [1.54, 1.807) is 0 Å². The second-order valence-electron chi connectivity index (χ2n) is 1.63. The summed E-state index contributed by atoms with van der Waals surface area (Å²) in [5, 5.41) is 0. The first-order valence-corrected chi connectivity index (χ1v) is 2.81. The van der Waals surface area contributed by atoms with Crippen molar-refractivity contribution in [3.8, 4) is 5.92 Å². The van der Waals surface area contributed by atoms with Crippen LogP contribution in [0, 0.1) is 12.3 Å². The molecule has 0 aliphatic heterocycles. The fourth-order valence-electron chi connectivity index (χ4n) is 0.463. The molecular formula is C7H11ClMn-. The minimum Gasteiger partial charge on any atom is -1.00 e. The summed E-state index contributed by atoms with van der Waals surface area (Å²) in [7, 11) is 0. The Morgan fingerprint density at radius 1 is 1.33 bits per heavy atom. The Balaban J connectivity index is -0.000000180. The SMILES string of the molecule is [C]#CCCCCC.[Cl-].[Mn]. The summed E-state index contributed by atoms with van der Waals surface area (Å²) >= 11 is 0. The van der Waals surface area contributed by atoms with E-state index < -0.39 is 0 Å². The molecule has 0 aromatic rings. The van der Waals surface area contributed by atoms with E-state index in [4.69, 9.17) is 6.42 Å². The second-order valence-corrected chi connectivity index (χ2v) is 1.63. The van der Waals surface area contributed by atoms with E-state index in [-0.39, 0.29) is 29.5 Å². The molecule has 0 aliphatic carbocycles. The molecule has 0 fully saturated rings. The Bertz CT molecular complexity index is 65.8. The zero-order valence-electron chi connectivity index (χ0n) is 5.58. The second kappa shape index (κ2) is 15.8. The van der Waals surface area contributed by atoms with Gasteiger partial charge in [-0.2, -0.15) is 0 Å². The van der Waals surface area contributed by atoms with Crippen LogP contribution in [0.1, 0.15) is 32.6 Å². The summed E-state index contributed by atoms with van der Waals surface area (Å²) in [6, 6.07) is 0. The van der Waals surface area contributed by atoms with Crippen LogP contribution in [0.2, 0.25) is 0 Å². The van der Waals surface area contributed by atoms with Crippen molar-refractivity contribution in [1.29, 1.82) is 0 Å². The van der Waals surface area contributed by atoms with E-state index in [9.17, 15) is 0 Å². The predicted octanol–water partition coefficient (Wildman–Crippen LogP) is -0.842. The van der Waals surface area contributed by atoms with Gasteiger partial charge in [-0.3, -0.25) is 0 Å². The fourth-order valence-corrected chi connectivity index (χ4v) is 0.463. The van der Waals surface area contributed by atoms with Crippen molar-refractivity contribution in [3.63, 3.8) is 0 Å². The zero-order chi connectivity index (χ0) is 5.54. The molecule has 0 N–H and O–H groups in total. The summed E-state index contributed by atoms with van der Waals surface area (Å²) in [5.41, 5.74) is 0. The molecule has 0 atom stereocenters. The van der Waals surface area contributed by atoms with Crippen LogP contribution in [-0.4, -0.2) is 0 Å². The average molecular weight is 186 g/mol. The molecule has 0 aromatic heterocycles. The average Bonchev–Trinajstić information content (AvgIpc) is 1.69. The topological polar surface area (TPSA) is 0 Å². The first-order chi connectivity index (χ1) is 3.41. The van der Waals surface area contributed by atoms with Gasteiger partial charge < -0.3 is 12.4 Å². The molecule has 2 radical (unpaired) electrons. The van der Waals surface area contributed by atoms with E-state index in [0.717, 1.165) is 12.8 Å². The van der Waals surface area contributed by atoms with Crippen molar-refractivity contribution in [2.24, 2.45) is 0 Å². The van der Waals surface area contributed by atoms with Gasteiger partial charge >= 0.3 is 0 Å². The molecule has 0 saturated heterocycles. The zero-order valence-corrected chi connectivity index (χ0v) is 7.52. The predicted molar refractivity (Wildman–Crippen MR) is 31.3 cm³/mol. The minimum atomic E-state index is 0. The Morgan fingerprint density at radius 3 is 2.22 bits per heavy atom. The quantitative estimate of drug-likeness (QED) is 0.306. The molecule has 9 heavy (non-hydrogen) atoms. The monoisotopic (exact) mass is 185 g/mol. The summed E-state index contributed by atoms with van der Waals surface area (Å²) in [6.45, 7) is 2.16. The molecule has 0 heterocycles. The summed E-state index contributed by atoms with van der Waals surface area (Å²) in [4.78, 5) is 0. The number of rotatable bonds is 3. The number of unbranched alkanes of at least 4 members (excludes halogenated alkanes) is 3. The Hall–Kier alpha value is 0.369. The third kappa shape index (κ3) is 17.8. The third-order valence-corrected chi connectivity index (χ3v) is 0.905. The molecule has 0 rings (SSSR count). The van der Waals surface area contributed by atoms with Crippen molar-refractivity contribution in [2.75, 3.05) is 0 Å². The van der Waals surface area contributed by atoms with Gasteiger partial charge in [0, 0.05) is 23.5 Å². The van der Waals surface area contributed by atoms with Crippen LogP contribution in [0.4, 0.5) is 0 Å². The van der Waals surface area contributed by atoms with Crippen LogP contribution in [0.25, 0.3) is 0 Å². The number of halogens is 1. The smallest absolute Gasteiger partial charge is 0.00989 e. The van der Waals surface area contributed by atoms with Crippen LogP contribution < -0.4 is 12.4 Å². The largest absolute Gasteiger partial charge is 1.00 e. The maximum atomic E-state index is 6.53. The Kier molecular flexibility index (Phi) is 28.3. The Morgan fingerprint density at radius 2 is 1.89 bits per heavy atom. The maximum Gasteiger partial charge on any atom is 0.00989 e. The summed E-state index contributed by atoms with van der Waals surface area (Å²) < 4.78 is 0. The van der Waals surface area contributed by atoms with Crippen LogP contribution in [0.15, 0.2) is 0 Å². The third-order valence-electron chi connectivity index (χ3n) is 0.905. The molecule has 0 aromatic carbocycles. The standard InChI is InChI=1S/C7H11.ClH.Mn/c1-3-5-7-6-4-2;;/h3,5-7H2,1H3;1H;/p-1. The first kappa shape index (κ1) is 16.2. The van der Waals surface area contributed by atoms with E-state index in [1.165, 1.54) is 12.8 Å². The van der Waals surface area contributed by atoms with E-state index in [1.807, 2.05) is 0 Å². The summed E-state index contributed by atoms with van der Waals surface area (Å²) in [5.74, 6) is 2.35. The van der Waals surface area contributed by atoms with Crippen LogP contribution in [-0.2, 0) is 17.1 Å². The molecule has 0 bridgehead atoms.